The quantitative estimate of drug-likeness (QED) is 0.578. The molecule has 0 aliphatic carbocycles. The van der Waals surface area contributed by atoms with Gasteiger partial charge in [-0.05, 0) is 23.8 Å². The summed E-state index contributed by atoms with van der Waals surface area (Å²) < 4.78 is 0. The van der Waals surface area contributed by atoms with E-state index >= 15 is 0 Å². The Morgan fingerprint density at radius 1 is 1.44 bits per heavy atom. The van der Waals surface area contributed by atoms with Gasteiger partial charge < -0.3 is 5.32 Å². The number of amides is 1. The molecule has 0 saturated heterocycles. The molecule has 0 spiro atoms. The van der Waals surface area contributed by atoms with Crippen LogP contribution in [0.1, 0.15) is 25.8 Å². The predicted molar refractivity (Wildman–Crippen MR) is 60.5 cm³/mol. The molecule has 0 atom stereocenters. The van der Waals surface area contributed by atoms with Crippen LogP contribution in [0.5, 0.6) is 0 Å². The minimum absolute atomic E-state index is 0.0177. The Morgan fingerprint density at radius 2 is 2.19 bits per heavy atom. The molecule has 0 saturated carbocycles. The maximum absolute atomic E-state index is 11.5. The van der Waals surface area contributed by atoms with Crippen LogP contribution >= 0.6 is 0 Å². The molecule has 0 unspecified atom stereocenters. The van der Waals surface area contributed by atoms with Crippen LogP contribution in [-0.2, 0) is 15.0 Å². The third kappa shape index (κ3) is 1.75. The Morgan fingerprint density at radius 3 is 2.88 bits per heavy atom. The maximum Gasteiger partial charge on any atom is 0.240 e. The summed E-state index contributed by atoms with van der Waals surface area (Å²) in [6, 6.07) is 5.27. The van der Waals surface area contributed by atoms with Gasteiger partial charge in [-0.1, -0.05) is 13.8 Å². The lowest BCUT2D eigenvalue weighted by Gasteiger charge is -2.32. The molecule has 1 amide bonds. The molecule has 1 aliphatic rings. The normalized spacial score (nSPS) is 17.0. The van der Waals surface area contributed by atoms with Gasteiger partial charge in [0, 0.05) is 17.5 Å². The number of anilines is 1. The number of fused-ring (bicyclic) bond motifs is 1. The van der Waals surface area contributed by atoms with E-state index in [0.717, 1.165) is 11.3 Å². The molecule has 1 aliphatic heterocycles. The van der Waals surface area contributed by atoms with E-state index in [9.17, 15) is 9.59 Å². The first-order valence-electron chi connectivity index (χ1n) is 5.05. The molecule has 0 radical (unpaired) electrons. The minimum atomic E-state index is -0.230. The van der Waals surface area contributed by atoms with E-state index in [1.165, 1.54) is 6.08 Å². The fourth-order valence-corrected chi connectivity index (χ4v) is 2.01. The Labute approximate surface area is 93.4 Å². The lowest BCUT2D eigenvalue weighted by atomic mass is 9.78. The number of hydrogen-bond donors (Lipinski definition) is 1. The Kier molecular flexibility index (Phi) is 2.37. The lowest BCUT2D eigenvalue weighted by molar-refractivity contribution is -0.117. The van der Waals surface area contributed by atoms with Gasteiger partial charge in [-0.25, -0.2) is 4.79 Å². The van der Waals surface area contributed by atoms with Crippen molar-refractivity contribution < 1.29 is 9.59 Å². The molecule has 1 aromatic carbocycles. The highest BCUT2D eigenvalue weighted by Gasteiger charge is 2.31. The molecule has 0 aromatic heterocycles. The van der Waals surface area contributed by atoms with Gasteiger partial charge in [0.25, 0.3) is 0 Å². The van der Waals surface area contributed by atoms with E-state index in [1.807, 2.05) is 19.9 Å². The minimum Gasteiger partial charge on any atom is -0.326 e. The van der Waals surface area contributed by atoms with E-state index in [2.05, 4.69) is 10.3 Å². The number of rotatable bonds is 1. The number of carbonyl (C=O) groups excluding carboxylic acids is 2. The summed E-state index contributed by atoms with van der Waals surface area (Å²) in [4.78, 5) is 25.2. The van der Waals surface area contributed by atoms with Crippen LogP contribution in [0.15, 0.2) is 23.2 Å². The number of benzene rings is 1. The molecular weight excluding hydrogens is 204 g/mol. The molecule has 1 aromatic rings. The van der Waals surface area contributed by atoms with Crippen molar-refractivity contribution in [2.75, 3.05) is 5.32 Å². The van der Waals surface area contributed by atoms with Crippen molar-refractivity contribution in [2.45, 2.75) is 25.7 Å². The monoisotopic (exact) mass is 216 g/mol. The first kappa shape index (κ1) is 10.6. The number of nitrogens with zero attached hydrogens (tertiary/aromatic N) is 1. The average molecular weight is 216 g/mol. The smallest absolute Gasteiger partial charge is 0.240 e. The molecule has 1 heterocycles. The maximum atomic E-state index is 11.5. The predicted octanol–water partition coefficient (Wildman–Crippen LogP) is 2.27. The van der Waals surface area contributed by atoms with Gasteiger partial charge in [0.1, 0.15) is 0 Å². The zero-order valence-electron chi connectivity index (χ0n) is 9.20. The number of nitrogens with one attached hydrogen (secondary N) is 1. The topological polar surface area (TPSA) is 58.5 Å². The van der Waals surface area contributed by atoms with E-state index < -0.39 is 0 Å². The van der Waals surface area contributed by atoms with Gasteiger partial charge in [-0.3, -0.25) is 4.79 Å². The highest BCUT2D eigenvalue weighted by Crippen LogP contribution is 2.38. The van der Waals surface area contributed by atoms with Gasteiger partial charge in [0.15, 0.2) is 0 Å². The second-order valence-electron chi connectivity index (χ2n) is 4.54. The van der Waals surface area contributed by atoms with Gasteiger partial charge in [0.2, 0.25) is 12.0 Å². The Hall–Kier alpha value is -1.93. The molecule has 2 rings (SSSR count). The second-order valence-corrected chi connectivity index (χ2v) is 4.54. The van der Waals surface area contributed by atoms with Crippen LogP contribution < -0.4 is 5.32 Å². The summed E-state index contributed by atoms with van der Waals surface area (Å²) >= 11 is 0. The number of carbonyl (C=O) groups is 1. The van der Waals surface area contributed by atoms with Crippen molar-refractivity contribution in [1.29, 1.82) is 0 Å². The molecular formula is C12H12N2O2. The second kappa shape index (κ2) is 3.58. The third-order valence-corrected chi connectivity index (χ3v) is 2.78. The standard InChI is InChI=1S/C12H12N2O2/c1-12(2)6-11(16)14-10-4-3-8(13-7-15)5-9(10)12/h3-5H,6H2,1-2H3,(H,14,16). The van der Waals surface area contributed by atoms with E-state index in [0.29, 0.717) is 12.1 Å². The molecule has 82 valence electrons. The van der Waals surface area contributed by atoms with Crippen LogP contribution in [0.3, 0.4) is 0 Å². The van der Waals surface area contributed by atoms with Crippen molar-refractivity contribution in [1.82, 2.24) is 0 Å². The summed E-state index contributed by atoms with van der Waals surface area (Å²) in [5.41, 5.74) is 2.14. The zero-order chi connectivity index (χ0) is 11.8. The molecule has 4 nitrogen and oxygen atoms in total. The van der Waals surface area contributed by atoms with Crippen LogP contribution in [0.2, 0.25) is 0 Å². The summed E-state index contributed by atoms with van der Waals surface area (Å²) in [6.45, 7) is 4.00. The summed E-state index contributed by atoms with van der Waals surface area (Å²) in [5.74, 6) is 0.0177. The van der Waals surface area contributed by atoms with Crippen LogP contribution in [-0.4, -0.2) is 12.0 Å². The van der Waals surface area contributed by atoms with Gasteiger partial charge >= 0.3 is 0 Å². The summed E-state index contributed by atoms with van der Waals surface area (Å²) in [5, 5.41) is 2.81. The molecule has 16 heavy (non-hydrogen) atoms. The van der Waals surface area contributed by atoms with Crippen molar-refractivity contribution >= 4 is 23.4 Å². The van der Waals surface area contributed by atoms with Gasteiger partial charge in [-0.2, -0.15) is 4.99 Å². The first-order chi connectivity index (χ1) is 7.53. The zero-order valence-corrected chi connectivity index (χ0v) is 9.20. The molecule has 0 bridgehead atoms. The van der Waals surface area contributed by atoms with Crippen molar-refractivity contribution in [3.8, 4) is 0 Å². The van der Waals surface area contributed by atoms with Crippen molar-refractivity contribution in [2.24, 2.45) is 4.99 Å². The van der Waals surface area contributed by atoms with E-state index in [1.54, 1.807) is 12.1 Å². The first-order valence-corrected chi connectivity index (χ1v) is 5.05. The molecule has 1 N–H and O–H groups in total. The van der Waals surface area contributed by atoms with Crippen molar-refractivity contribution in [3.63, 3.8) is 0 Å². The highest BCUT2D eigenvalue weighted by atomic mass is 16.1. The van der Waals surface area contributed by atoms with Crippen LogP contribution in [0.25, 0.3) is 0 Å². The summed E-state index contributed by atoms with van der Waals surface area (Å²) in [7, 11) is 0. The fraction of sp³-hybridized carbons (Fsp3) is 0.333. The molecule has 0 fully saturated rings. The largest absolute Gasteiger partial charge is 0.326 e. The highest BCUT2D eigenvalue weighted by molar-refractivity contribution is 5.95. The fourth-order valence-electron chi connectivity index (χ4n) is 2.01. The summed E-state index contributed by atoms with van der Waals surface area (Å²) in [6.07, 6.45) is 1.95. The lowest BCUT2D eigenvalue weighted by Crippen LogP contribution is -2.32. The number of hydrogen-bond acceptors (Lipinski definition) is 3. The van der Waals surface area contributed by atoms with E-state index in [4.69, 9.17) is 0 Å². The molecule has 4 heteroatoms. The van der Waals surface area contributed by atoms with Crippen LogP contribution in [0.4, 0.5) is 11.4 Å². The van der Waals surface area contributed by atoms with Crippen LogP contribution in [0, 0.1) is 0 Å². The van der Waals surface area contributed by atoms with E-state index in [-0.39, 0.29) is 11.3 Å². The Bertz CT molecular complexity index is 500. The SMILES string of the molecule is CC1(C)CC(=O)Nc2ccc(N=C=O)cc21. The third-order valence-electron chi connectivity index (χ3n) is 2.78. The van der Waals surface area contributed by atoms with Gasteiger partial charge in [0.05, 0.1) is 5.69 Å². The van der Waals surface area contributed by atoms with Gasteiger partial charge in [-0.15, -0.1) is 0 Å². The average Bonchev–Trinajstić information content (AvgIpc) is 2.18. The van der Waals surface area contributed by atoms with Crippen molar-refractivity contribution in [3.05, 3.63) is 23.8 Å². The Balaban J connectivity index is 2.56. The number of aliphatic imine (C=N–C) groups is 1. The number of isocyanates is 1.